The first-order chi connectivity index (χ1) is 13.0. The summed E-state index contributed by atoms with van der Waals surface area (Å²) in [5.41, 5.74) is 3.55. The van der Waals surface area contributed by atoms with Gasteiger partial charge in [0.15, 0.2) is 0 Å². The van der Waals surface area contributed by atoms with E-state index >= 15 is 0 Å². The lowest BCUT2D eigenvalue weighted by Gasteiger charge is -2.27. The zero-order valence-corrected chi connectivity index (χ0v) is 18.6. The first kappa shape index (κ1) is 20.4. The molecule has 0 saturated heterocycles. The number of carbonyl (C=O) groups excluding carboxylic acids is 1. The van der Waals surface area contributed by atoms with Crippen molar-refractivity contribution in [2.45, 2.75) is 38.2 Å². The number of carbonyl (C=O) groups is 1. The Bertz CT molecular complexity index is 1030. The quantitative estimate of drug-likeness (QED) is 0.494. The Balaban J connectivity index is 2.33. The van der Waals surface area contributed by atoms with Gasteiger partial charge >= 0.3 is 5.97 Å². The Labute approximate surface area is 169 Å². The molecule has 1 aromatic heterocycles. The van der Waals surface area contributed by atoms with Crippen LogP contribution in [0.1, 0.15) is 36.7 Å². The zero-order valence-electron chi connectivity index (χ0n) is 17.8. The van der Waals surface area contributed by atoms with Crippen LogP contribution in [0, 0.1) is 6.92 Å². The lowest BCUT2D eigenvalue weighted by Crippen LogP contribution is -2.24. The van der Waals surface area contributed by atoms with Crippen LogP contribution >= 0.6 is 10.0 Å². The van der Waals surface area contributed by atoms with Crippen LogP contribution in [0.5, 0.6) is 0 Å². The van der Waals surface area contributed by atoms with Gasteiger partial charge in [-0.25, -0.2) is 19.8 Å². The summed E-state index contributed by atoms with van der Waals surface area (Å²) in [5, 5.41) is 0.867. The third-order valence-corrected chi connectivity index (χ3v) is 6.23. The van der Waals surface area contributed by atoms with Gasteiger partial charge in [-0.1, -0.05) is 30.3 Å². The highest BCUT2D eigenvalue weighted by atomic mass is 32.3. The van der Waals surface area contributed by atoms with Crippen molar-refractivity contribution in [2.75, 3.05) is 18.8 Å². The first-order valence-corrected chi connectivity index (χ1v) is 12.2. The van der Waals surface area contributed by atoms with Crippen molar-refractivity contribution in [1.29, 1.82) is 0 Å². The summed E-state index contributed by atoms with van der Waals surface area (Å²) in [6, 6.07) is 16.3. The van der Waals surface area contributed by atoms with E-state index in [0.29, 0.717) is 5.56 Å². The van der Waals surface area contributed by atoms with Gasteiger partial charge < -0.3 is 4.74 Å². The molecular weight excluding hydrogens is 366 g/mol. The van der Waals surface area contributed by atoms with E-state index in [4.69, 9.17) is 9.72 Å². The molecule has 0 unspecified atom stereocenters. The summed E-state index contributed by atoms with van der Waals surface area (Å²) in [6.45, 7) is 7.65. The van der Waals surface area contributed by atoms with Crippen LogP contribution < -0.4 is 0 Å². The van der Waals surface area contributed by atoms with E-state index in [9.17, 15) is 4.79 Å². The van der Waals surface area contributed by atoms with Crippen LogP contribution in [0.4, 0.5) is 0 Å². The molecule has 3 aromatic rings. The van der Waals surface area contributed by atoms with Crippen LogP contribution in [0.2, 0.25) is 0 Å². The second kappa shape index (κ2) is 7.25. The van der Waals surface area contributed by atoms with Gasteiger partial charge in [0.05, 0.1) is 16.8 Å². The lowest BCUT2D eigenvalue weighted by molar-refractivity contribution is 0.00710. The number of pyridine rings is 1. The zero-order chi connectivity index (χ0) is 20.7. The number of ether oxygens (including phenoxy) is 1. The number of benzene rings is 2. The first-order valence-electron chi connectivity index (χ1n) is 9.39. The number of hydrogen-bond donors (Lipinski definition) is 0. The fourth-order valence-corrected chi connectivity index (χ4v) is 4.14. The Morgan fingerprint density at radius 2 is 1.64 bits per heavy atom. The summed E-state index contributed by atoms with van der Waals surface area (Å²) in [6.07, 6.45) is 6.75. The van der Waals surface area contributed by atoms with Gasteiger partial charge in [0.1, 0.15) is 5.60 Å². The standard InChI is InChI=1S/C24H29NO2S/c1-16-21(23(26)27-24(2,3)4)19-15-18(28(5,6)7)13-14-20(19)25-22(16)17-11-9-8-10-12-17/h8-15H,1-7H3. The van der Waals surface area contributed by atoms with Crippen LogP contribution in [-0.4, -0.2) is 35.3 Å². The minimum Gasteiger partial charge on any atom is -0.456 e. The van der Waals surface area contributed by atoms with Gasteiger partial charge in [-0.2, -0.15) is 0 Å². The van der Waals surface area contributed by atoms with Gasteiger partial charge in [0.2, 0.25) is 0 Å². The third-order valence-electron chi connectivity index (χ3n) is 4.56. The second-order valence-electron chi connectivity index (χ2n) is 8.84. The molecule has 0 spiro atoms. The van der Waals surface area contributed by atoms with E-state index < -0.39 is 15.6 Å². The number of hydrogen-bond acceptors (Lipinski definition) is 3. The summed E-state index contributed by atoms with van der Waals surface area (Å²) in [7, 11) is -0.927. The van der Waals surface area contributed by atoms with E-state index in [1.165, 1.54) is 4.90 Å². The molecule has 0 amide bonds. The van der Waals surface area contributed by atoms with Crippen molar-refractivity contribution in [3.05, 3.63) is 59.7 Å². The normalized spacial score (nSPS) is 12.8. The molecule has 4 heteroatoms. The summed E-state index contributed by atoms with van der Waals surface area (Å²) in [4.78, 5) is 19.4. The predicted molar refractivity (Wildman–Crippen MR) is 121 cm³/mol. The predicted octanol–water partition coefficient (Wildman–Crippen LogP) is 6.22. The molecule has 148 valence electrons. The van der Waals surface area contributed by atoms with E-state index in [-0.39, 0.29) is 5.97 Å². The molecule has 1 heterocycles. The lowest BCUT2D eigenvalue weighted by atomic mass is 9.97. The number of aromatic nitrogens is 1. The average molecular weight is 396 g/mol. The van der Waals surface area contributed by atoms with E-state index in [2.05, 4.69) is 30.9 Å². The van der Waals surface area contributed by atoms with E-state index in [0.717, 1.165) is 27.7 Å². The highest BCUT2D eigenvalue weighted by Gasteiger charge is 2.25. The van der Waals surface area contributed by atoms with Crippen LogP contribution in [-0.2, 0) is 4.74 Å². The maximum absolute atomic E-state index is 13.2. The molecule has 0 aliphatic carbocycles. The molecule has 0 aliphatic heterocycles. The molecule has 0 N–H and O–H groups in total. The van der Waals surface area contributed by atoms with Crippen molar-refractivity contribution in [1.82, 2.24) is 4.98 Å². The van der Waals surface area contributed by atoms with E-state index in [1.807, 2.05) is 64.1 Å². The maximum Gasteiger partial charge on any atom is 0.339 e. The van der Waals surface area contributed by atoms with Gasteiger partial charge in [-0.15, -0.1) is 0 Å². The molecule has 0 bridgehead atoms. The van der Waals surface area contributed by atoms with E-state index in [1.54, 1.807) is 0 Å². The van der Waals surface area contributed by atoms with Crippen LogP contribution in [0.25, 0.3) is 22.2 Å². The van der Waals surface area contributed by atoms with Gasteiger partial charge in [-0.05, 0) is 75.1 Å². The van der Waals surface area contributed by atoms with Gasteiger partial charge in [-0.3, -0.25) is 0 Å². The van der Waals surface area contributed by atoms with Gasteiger partial charge in [0.25, 0.3) is 0 Å². The summed E-state index contributed by atoms with van der Waals surface area (Å²) in [5.74, 6) is -0.296. The number of nitrogens with zero attached hydrogens (tertiary/aromatic N) is 1. The van der Waals surface area contributed by atoms with Crippen molar-refractivity contribution >= 4 is 26.9 Å². The van der Waals surface area contributed by atoms with Crippen molar-refractivity contribution in [2.24, 2.45) is 0 Å². The number of fused-ring (bicyclic) bond motifs is 1. The molecule has 0 atom stereocenters. The monoisotopic (exact) mass is 395 g/mol. The van der Waals surface area contributed by atoms with Crippen molar-refractivity contribution in [3.63, 3.8) is 0 Å². The summed E-state index contributed by atoms with van der Waals surface area (Å²) < 4.78 is 5.77. The second-order valence-corrected chi connectivity index (χ2v) is 13.0. The molecule has 0 saturated carbocycles. The minimum atomic E-state index is -0.927. The highest BCUT2D eigenvalue weighted by molar-refractivity contribution is 8.32. The smallest absolute Gasteiger partial charge is 0.339 e. The fourth-order valence-electron chi connectivity index (χ4n) is 3.19. The van der Waals surface area contributed by atoms with Crippen molar-refractivity contribution in [3.8, 4) is 11.3 Å². The molecule has 3 rings (SSSR count). The minimum absolute atomic E-state index is 0.296. The Morgan fingerprint density at radius 3 is 2.21 bits per heavy atom. The number of rotatable bonds is 3. The fraction of sp³-hybridized carbons (Fsp3) is 0.333. The van der Waals surface area contributed by atoms with Gasteiger partial charge in [0, 0.05) is 10.9 Å². The van der Waals surface area contributed by atoms with Crippen LogP contribution in [0.3, 0.4) is 0 Å². The molecule has 0 radical (unpaired) electrons. The molecule has 0 aliphatic rings. The topological polar surface area (TPSA) is 39.2 Å². The molecule has 0 fully saturated rings. The molecule has 3 nitrogen and oxygen atoms in total. The largest absolute Gasteiger partial charge is 0.456 e. The van der Waals surface area contributed by atoms with Crippen LogP contribution in [0.15, 0.2) is 53.4 Å². The molecular formula is C24H29NO2S. The van der Waals surface area contributed by atoms with Crippen molar-refractivity contribution < 1.29 is 9.53 Å². The third kappa shape index (κ3) is 4.22. The average Bonchev–Trinajstić information content (AvgIpc) is 2.59. The summed E-state index contributed by atoms with van der Waals surface area (Å²) >= 11 is 0. The molecule has 28 heavy (non-hydrogen) atoms. The SMILES string of the molecule is Cc1c(-c2ccccc2)nc2ccc(S(C)(C)C)cc2c1C(=O)OC(C)(C)C. The Kier molecular flexibility index (Phi) is 5.28. The Morgan fingerprint density at radius 1 is 1.00 bits per heavy atom. The maximum atomic E-state index is 13.2. The number of esters is 1. The highest BCUT2D eigenvalue weighted by Crippen LogP contribution is 2.46. The Hall–Kier alpha value is -2.33. The molecule has 2 aromatic carbocycles.